The molecule has 28 heavy (non-hydrogen) atoms. The normalized spacial score (nSPS) is 31.1. The molecule has 8 heteroatoms. The van der Waals surface area contributed by atoms with Gasteiger partial charge in [0.25, 0.3) is 5.69 Å². The lowest BCUT2D eigenvalue weighted by molar-refractivity contribution is -0.384. The van der Waals surface area contributed by atoms with Gasteiger partial charge in [0.1, 0.15) is 5.69 Å². The van der Waals surface area contributed by atoms with Gasteiger partial charge < -0.3 is 0 Å². The number of nitrogens with zero attached hydrogens (tertiary/aromatic N) is 2. The molecule has 152 valence electrons. The lowest BCUT2D eigenvalue weighted by Gasteiger charge is -2.57. The van der Waals surface area contributed by atoms with Crippen LogP contribution in [0.15, 0.2) is 18.2 Å². The van der Waals surface area contributed by atoms with Crippen molar-refractivity contribution in [2.45, 2.75) is 57.0 Å². The first-order valence-corrected chi connectivity index (χ1v) is 9.80. The van der Waals surface area contributed by atoms with Crippen LogP contribution < -0.4 is 4.90 Å². The molecule has 1 aromatic carbocycles. The van der Waals surface area contributed by atoms with Crippen LogP contribution in [0.3, 0.4) is 0 Å². The number of alkyl halides is 3. The van der Waals surface area contributed by atoms with E-state index >= 15 is 0 Å². The van der Waals surface area contributed by atoms with Gasteiger partial charge in [0.2, 0.25) is 0 Å². The summed E-state index contributed by atoms with van der Waals surface area (Å²) in [5.74, 6) is -0.155. The highest BCUT2D eigenvalue weighted by molar-refractivity contribution is 5.99. The van der Waals surface area contributed by atoms with Crippen LogP contribution >= 0.6 is 0 Å². The molecule has 0 saturated heterocycles. The summed E-state index contributed by atoms with van der Waals surface area (Å²) in [6.45, 7) is 1.08. The molecule has 0 atom stereocenters. The molecule has 0 spiro atoms. The maximum Gasteiger partial charge on any atom is 0.471 e. The van der Waals surface area contributed by atoms with E-state index in [-0.39, 0.29) is 17.6 Å². The Hall–Kier alpha value is -2.12. The maximum absolute atomic E-state index is 12.9. The second kappa shape index (κ2) is 6.46. The molecule has 0 aromatic heterocycles. The number of nitro benzene ring substituents is 1. The smallest absolute Gasteiger partial charge is 0.299 e. The van der Waals surface area contributed by atoms with Crippen molar-refractivity contribution in [3.8, 4) is 0 Å². The molecule has 4 saturated carbocycles. The summed E-state index contributed by atoms with van der Waals surface area (Å²) in [6, 6.07) is 4.47. The third-order valence-corrected chi connectivity index (χ3v) is 6.92. The number of rotatable bonds is 4. The summed E-state index contributed by atoms with van der Waals surface area (Å²) >= 11 is 0. The second-order valence-corrected chi connectivity index (χ2v) is 8.71. The average molecular weight is 396 g/mol. The van der Waals surface area contributed by atoms with Crippen LogP contribution in [0, 0.1) is 27.9 Å². The van der Waals surface area contributed by atoms with E-state index in [1.807, 2.05) is 0 Å². The first-order chi connectivity index (χ1) is 13.1. The highest BCUT2D eigenvalue weighted by Gasteiger charge is 2.52. The lowest BCUT2D eigenvalue weighted by Crippen LogP contribution is -2.48. The first-order valence-electron chi connectivity index (χ1n) is 9.80. The van der Waals surface area contributed by atoms with Crippen LogP contribution in [0.25, 0.3) is 0 Å². The summed E-state index contributed by atoms with van der Waals surface area (Å²) in [5.41, 5.74) is 0.0249. The molecule has 1 aromatic rings. The number of amides is 1. The van der Waals surface area contributed by atoms with Crippen molar-refractivity contribution in [2.75, 3.05) is 11.4 Å². The van der Waals surface area contributed by atoms with Crippen LogP contribution in [-0.2, 0) is 10.2 Å². The van der Waals surface area contributed by atoms with Gasteiger partial charge in [-0.3, -0.25) is 19.8 Å². The van der Waals surface area contributed by atoms with Crippen LogP contribution in [0.2, 0.25) is 0 Å². The van der Waals surface area contributed by atoms with Crippen molar-refractivity contribution in [2.24, 2.45) is 17.8 Å². The summed E-state index contributed by atoms with van der Waals surface area (Å²) in [5, 5.41) is 11.7. The van der Waals surface area contributed by atoms with Gasteiger partial charge in [-0.1, -0.05) is 6.07 Å². The van der Waals surface area contributed by atoms with Gasteiger partial charge in [-0.25, -0.2) is 0 Å². The van der Waals surface area contributed by atoms with Gasteiger partial charge in [-0.2, -0.15) is 13.2 Å². The van der Waals surface area contributed by atoms with E-state index < -0.39 is 22.7 Å². The summed E-state index contributed by atoms with van der Waals surface area (Å²) < 4.78 is 38.8. The maximum atomic E-state index is 12.9. The van der Waals surface area contributed by atoms with Gasteiger partial charge in [-0.15, -0.1) is 0 Å². The van der Waals surface area contributed by atoms with E-state index in [1.165, 1.54) is 38.3 Å². The molecule has 4 aliphatic carbocycles. The van der Waals surface area contributed by atoms with Gasteiger partial charge in [-0.05, 0) is 80.2 Å². The minimum absolute atomic E-state index is 0.108. The Kier molecular flexibility index (Phi) is 4.43. The molecule has 0 aliphatic heterocycles. The van der Waals surface area contributed by atoms with Crippen LogP contribution in [0.4, 0.5) is 24.5 Å². The van der Waals surface area contributed by atoms with Crippen molar-refractivity contribution in [3.05, 3.63) is 33.9 Å². The highest BCUT2D eigenvalue weighted by atomic mass is 19.4. The molecule has 0 radical (unpaired) electrons. The Bertz CT molecular complexity index is 786. The Labute approximate surface area is 161 Å². The molecule has 1 amide bonds. The monoisotopic (exact) mass is 396 g/mol. The minimum atomic E-state index is -5.08. The Morgan fingerprint density at radius 2 is 1.71 bits per heavy atom. The molecule has 0 unspecified atom stereocenters. The van der Waals surface area contributed by atoms with Gasteiger partial charge >= 0.3 is 12.1 Å². The third-order valence-electron chi connectivity index (χ3n) is 6.92. The van der Waals surface area contributed by atoms with Crippen molar-refractivity contribution in [1.29, 1.82) is 0 Å². The third kappa shape index (κ3) is 3.06. The minimum Gasteiger partial charge on any atom is -0.299 e. The summed E-state index contributed by atoms with van der Waals surface area (Å²) in [6.07, 6.45) is 1.58. The fourth-order valence-corrected chi connectivity index (χ4v) is 6.27. The zero-order valence-corrected chi connectivity index (χ0v) is 15.7. The van der Waals surface area contributed by atoms with Gasteiger partial charge in [0.15, 0.2) is 0 Å². The molecule has 0 N–H and O–H groups in total. The molecule has 4 fully saturated rings. The number of benzene rings is 1. The number of hydrogen-bond donors (Lipinski definition) is 0. The van der Waals surface area contributed by atoms with E-state index in [0.717, 1.165) is 24.8 Å². The Morgan fingerprint density at radius 3 is 2.14 bits per heavy atom. The Morgan fingerprint density at radius 1 is 1.18 bits per heavy atom. The lowest BCUT2D eigenvalue weighted by atomic mass is 9.48. The predicted molar refractivity (Wildman–Crippen MR) is 97.0 cm³/mol. The van der Waals surface area contributed by atoms with Crippen LogP contribution in [-0.4, -0.2) is 23.6 Å². The topological polar surface area (TPSA) is 63.5 Å². The van der Waals surface area contributed by atoms with E-state index in [4.69, 9.17) is 0 Å². The molecule has 0 heterocycles. The molecule has 4 bridgehead atoms. The van der Waals surface area contributed by atoms with Crippen LogP contribution in [0.5, 0.6) is 0 Å². The van der Waals surface area contributed by atoms with Gasteiger partial charge in [0.05, 0.1) is 4.92 Å². The number of nitro groups is 1. The molecule has 5 nitrogen and oxygen atoms in total. The number of hydrogen-bond acceptors (Lipinski definition) is 3. The fourth-order valence-electron chi connectivity index (χ4n) is 6.27. The standard InChI is InChI=1S/C20H23F3N2O3/c1-2-24(18(26)20(21,22)23)16-4-3-15(8-17(16)25(27)28)19-9-12-5-13(10-19)7-14(6-12)11-19/h3-4,8,12-14H,2,5-7,9-11H2,1H3. The summed E-state index contributed by atoms with van der Waals surface area (Å²) in [7, 11) is 0. The highest BCUT2D eigenvalue weighted by Crippen LogP contribution is 2.61. The second-order valence-electron chi connectivity index (χ2n) is 8.71. The van der Waals surface area contributed by atoms with Gasteiger partial charge in [0, 0.05) is 12.6 Å². The molecule has 5 rings (SSSR count). The number of anilines is 1. The Balaban J connectivity index is 1.74. The van der Waals surface area contributed by atoms with E-state index in [9.17, 15) is 28.1 Å². The first kappa shape index (κ1) is 19.2. The number of halogens is 3. The predicted octanol–water partition coefficient (Wildman–Crippen LogP) is 4.98. The van der Waals surface area contributed by atoms with Crippen molar-refractivity contribution in [3.63, 3.8) is 0 Å². The van der Waals surface area contributed by atoms with Crippen molar-refractivity contribution >= 4 is 17.3 Å². The van der Waals surface area contributed by atoms with E-state index in [1.54, 1.807) is 6.07 Å². The van der Waals surface area contributed by atoms with Crippen molar-refractivity contribution in [1.82, 2.24) is 0 Å². The molecule has 4 aliphatic rings. The largest absolute Gasteiger partial charge is 0.471 e. The molecular formula is C20H23F3N2O3. The zero-order valence-electron chi connectivity index (χ0n) is 15.7. The van der Waals surface area contributed by atoms with E-state index in [2.05, 4.69) is 0 Å². The summed E-state index contributed by atoms with van der Waals surface area (Å²) in [4.78, 5) is 23.2. The van der Waals surface area contributed by atoms with E-state index in [0.29, 0.717) is 22.7 Å². The number of carbonyl (C=O) groups is 1. The molecular weight excluding hydrogens is 373 g/mol. The zero-order chi connectivity index (χ0) is 20.3. The van der Waals surface area contributed by atoms with Crippen molar-refractivity contribution < 1.29 is 22.9 Å². The average Bonchev–Trinajstić information content (AvgIpc) is 2.60. The quantitative estimate of drug-likeness (QED) is 0.533. The SMILES string of the molecule is CCN(C(=O)C(F)(F)F)c1ccc(C23CC4CC(CC(C4)C2)C3)cc1[N+](=O)[O-]. The fraction of sp³-hybridized carbons (Fsp3) is 0.650. The number of carbonyl (C=O) groups excluding carboxylic acids is 1. The van der Waals surface area contributed by atoms with Crippen LogP contribution in [0.1, 0.15) is 51.0 Å².